The number of rotatable bonds is 2. The molecule has 4 heterocycles. The Morgan fingerprint density at radius 1 is 1.29 bits per heavy atom. The maximum atomic E-state index is 12.6. The second kappa shape index (κ2) is 5.43. The molecule has 0 spiro atoms. The van der Waals surface area contributed by atoms with E-state index in [9.17, 15) is 9.59 Å². The molecule has 3 aromatic rings. The summed E-state index contributed by atoms with van der Waals surface area (Å²) in [7, 11) is 0. The first kappa shape index (κ1) is 14.9. The third kappa shape index (κ3) is 2.28. The Kier molecular flexibility index (Phi) is 3.37. The molecular formula is C17H18N4O3. The van der Waals surface area contributed by atoms with Gasteiger partial charge in [-0.25, -0.2) is 9.97 Å². The van der Waals surface area contributed by atoms with Gasteiger partial charge in [-0.3, -0.25) is 14.2 Å². The predicted molar refractivity (Wildman–Crippen MR) is 88.9 cm³/mol. The highest BCUT2D eigenvalue weighted by Gasteiger charge is 2.20. The smallest absolute Gasteiger partial charge is 0.297 e. The van der Waals surface area contributed by atoms with Gasteiger partial charge in [-0.2, -0.15) is 0 Å². The van der Waals surface area contributed by atoms with E-state index in [1.807, 2.05) is 19.9 Å². The lowest BCUT2D eigenvalue weighted by Crippen LogP contribution is -2.34. The Morgan fingerprint density at radius 2 is 2.04 bits per heavy atom. The Morgan fingerprint density at radius 3 is 2.79 bits per heavy atom. The van der Waals surface area contributed by atoms with Gasteiger partial charge in [0.25, 0.3) is 5.56 Å². The maximum Gasteiger partial charge on any atom is 0.297 e. The lowest BCUT2D eigenvalue weighted by atomic mass is 10.2. The van der Waals surface area contributed by atoms with Crippen LogP contribution in [0.25, 0.3) is 22.2 Å². The van der Waals surface area contributed by atoms with Crippen LogP contribution in [0.4, 0.5) is 0 Å². The number of furan rings is 1. The second-order valence-corrected chi connectivity index (χ2v) is 6.29. The molecular weight excluding hydrogens is 308 g/mol. The van der Waals surface area contributed by atoms with Gasteiger partial charge in [0.05, 0.1) is 11.7 Å². The Bertz CT molecular complexity index is 1010. The molecule has 1 amide bonds. The van der Waals surface area contributed by atoms with Crippen LogP contribution in [-0.2, 0) is 11.3 Å². The van der Waals surface area contributed by atoms with Crippen LogP contribution in [0.3, 0.4) is 0 Å². The van der Waals surface area contributed by atoms with Gasteiger partial charge in [0.1, 0.15) is 12.1 Å². The van der Waals surface area contributed by atoms with Crippen molar-refractivity contribution in [1.82, 2.24) is 19.4 Å². The molecule has 7 nitrogen and oxygen atoms in total. The van der Waals surface area contributed by atoms with Crippen molar-refractivity contribution in [2.75, 3.05) is 13.1 Å². The summed E-state index contributed by atoms with van der Waals surface area (Å²) in [6.07, 6.45) is 3.46. The van der Waals surface area contributed by atoms with Crippen LogP contribution in [0.15, 0.2) is 21.6 Å². The predicted octanol–water partition coefficient (Wildman–Crippen LogP) is 1.78. The minimum Gasteiger partial charge on any atom is -0.430 e. The van der Waals surface area contributed by atoms with Crippen molar-refractivity contribution in [2.45, 2.75) is 33.2 Å². The first-order valence-corrected chi connectivity index (χ1v) is 8.08. The van der Waals surface area contributed by atoms with Gasteiger partial charge in [-0.05, 0) is 38.3 Å². The van der Waals surface area contributed by atoms with Crippen LogP contribution in [-0.4, -0.2) is 38.4 Å². The fourth-order valence-corrected chi connectivity index (χ4v) is 3.11. The van der Waals surface area contributed by atoms with E-state index in [0.717, 1.165) is 42.6 Å². The molecule has 1 aliphatic rings. The van der Waals surface area contributed by atoms with Crippen molar-refractivity contribution in [3.63, 3.8) is 0 Å². The largest absolute Gasteiger partial charge is 0.430 e. The van der Waals surface area contributed by atoms with E-state index in [4.69, 9.17) is 4.42 Å². The van der Waals surface area contributed by atoms with Crippen molar-refractivity contribution in [2.24, 2.45) is 0 Å². The highest BCUT2D eigenvalue weighted by atomic mass is 16.3. The number of carbonyl (C=O) groups excluding carboxylic acids is 1. The summed E-state index contributed by atoms with van der Waals surface area (Å²) >= 11 is 0. The van der Waals surface area contributed by atoms with Crippen LogP contribution in [0.5, 0.6) is 0 Å². The zero-order chi connectivity index (χ0) is 16.8. The third-order valence-electron chi connectivity index (χ3n) is 4.65. The van der Waals surface area contributed by atoms with E-state index in [2.05, 4.69) is 9.97 Å². The second-order valence-electron chi connectivity index (χ2n) is 6.29. The topological polar surface area (TPSA) is 81.2 Å². The summed E-state index contributed by atoms with van der Waals surface area (Å²) in [5, 5.41) is 0.725. The average Bonchev–Trinajstić information content (AvgIpc) is 3.19. The van der Waals surface area contributed by atoms with E-state index < -0.39 is 0 Å². The number of fused-ring (bicyclic) bond motifs is 3. The molecule has 1 saturated heterocycles. The van der Waals surface area contributed by atoms with Crippen molar-refractivity contribution < 1.29 is 9.21 Å². The molecule has 0 atom stereocenters. The third-order valence-corrected chi connectivity index (χ3v) is 4.65. The van der Waals surface area contributed by atoms with Crippen molar-refractivity contribution in [3.8, 4) is 0 Å². The van der Waals surface area contributed by atoms with Gasteiger partial charge in [0.2, 0.25) is 17.2 Å². The number of hydrogen-bond acceptors (Lipinski definition) is 5. The molecule has 7 heteroatoms. The summed E-state index contributed by atoms with van der Waals surface area (Å²) in [4.78, 5) is 35.4. The molecule has 0 aliphatic carbocycles. The molecule has 1 fully saturated rings. The monoisotopic (exact) mass is 326 g/mol. The summed E-state index contributed by atoms with van der Waals surface area (Å²) in [6, 6.07) is 1.93. The molecule has 0 radical (unpaired) electrons. The highest BCUT2D eigenvalue weighted by molar-refractivity contribution is 6.00. The minimum atomic E-state index is -0.346. The van der Waals surface area contributed by atoms with E-state index in [0.29, 0.717) is 11.2 Å². The van der Waals surface area contributed by atoms with Crippen LogP contribution in [0, 0.1) is 13.8 Å². The molecule has 3 aromatic heterocycles. The molecule has 24 heavy (non-hydrogen) atoms. The fourth-order valence-electron chi connectivity index (χ4n) is 3.11. The SMILES string of the molecule is Cc1cc2c(nc1C)oc1c(=O)n(CC(=O)N3CCCC3)cnc12. The van der Waals surface area contributed by atoms with Gasteiger partial charge in [0.15, 0.2) is 0 Å². The normalized spacial score (nSPS) is 14.8. The number of aromatic nitrogens is 3. The average molecular weight is 326 g/mol. The Hall–Kier alpha value is -2.70. The van der Waals surface area contributed by atoms with Crippen LogP contribution >= 0.6 is 0 Å². The lowest BCUT2D eigenvalue weighted by molar-refractivity contribution is -0.130. The molecule has 0 N–H and O–H groups in total. The van der Waals surface area contributed by atoms with Crippen molar-refractivity contribution in [3.05, 3.63) is 34.0 Å². The van der Waals surface area contributed by atoms with Gasteiger partial charge in [-0.1, -0.05) is 0 Å². The number of likely N-dealkylation sites (tertiary alicyclic amines) is 1. The summed E-state index contributed by atoms with van der Waals surface area (Å²) in [6.45, 7) is 5.36. The number of aryl methyl sites for hydroxylation is 2. The zero-order valence-electron chi connectivity index (χ0n) is 13.7. The molecule has 4 rings (SSSR count). The fraction of sp³-hybridized carbons (Fsp3) is 0.412. The van der Waals surface area contributed by atoms with Gasteiger partial charge in [-0.15, -0.1) is 0 Å². The molecule has 1 aliphatic heterocycles. The van der Waals surface area contributed by atoms with Crippen molar-refractivity contribution >= 4 is 28.1 Å². The maximum absolute atomic E-state index is 12.6. The molecule has 124 valence electrons. The lowest BCUT2D eigenvalue weighted by Gasteiger charge is -2.15. The highest BCUT2D eigenvalue weighted by Crippen LogP contribution is 2.25. The minimum absolute atomic E-state index is 0.00962. The standard InChI is InChI=1S/C17H18N4O3/c1-10-7-12-14-15(24-16(12)19-11(10)2)17(23)21(9-18-14)8-13(22)20-5-3-4-6-20/h7,9H,3-6,8H2,1-2H3. The number of nitrogens with zero attached hydrogens (tertiary/aromatic N) is 4. The number of pyridine rings is 1. The molecule has 0 unspecified atom stereocenters. The van der Waals surface area contributed by atoms with E-state index in [-0.39, 0.29) is 23.6 Å². The zero-order valence-corrected chi connectivity index (χ0v) is 13.7. The summed E-state index contributed by atoms with van der Waals surface area (Å²) in [5.41, 5.74) is 2.57. The first-order chi connectivity index (χ1) is 11.5. The number of hydrogen-bond donors (Lipinski definition) is 0. The first-order valence-electron chi connectivity index (χ1n) is 8.08. The van der Waals surface area contributed by atoms with E-state index in [1.54, 1.807) is 4.90 Å². The molecule has 0 saturated carbocycles. The van der Waals surface area contributed by atoms with E-state index in [1.165, 1.54) is 10.9 Å². The number of carbonyl (C=O) groups is 1. The summed E-state index contributed by atoms with van der Waals surface area (Å²) in [5.74, 6) is -0.0586. The van der Waals surface area contributed by atoms with Crippen LogP contribution in [0.2, 0.25) is 0 Å². The molecule has 0 bridgehead atoms. The Labute approximate surface area is 137 Å². The quantitative estimate of drug-likeness (QED) is 0.717. The molecule has 0 aromatic carbocycles. The number of amides is 1. The van der Waals surface area contributed by atoms with E-state index >= 15 is 0 Å². The van der Waals surface area contributed by atoms with Gasteiger partial charge < -0.3 is 9.32 Å². The van der Waals surface area contributed by atoms with Crippen LogP contribution in [0.1, 0.15) is 24.1 Å². The van der Waals surface area contributed by atoms with Gasteiger partial charge in [0, 0.05) is 18.8 Å². The van der Waals surface area contributed by atoms with Gasteiger partial charge >= 0.3 is 0 Å². The summed E-state index contributed by atoms with van der Waals surface area (Å²) < 4.78 is 6.95. The van der Waals surface area contributed by atoms with Crippen LogP contribution < -0.4 is 5.56 Å². The Balaban J connectivity index is 1.78. The van der Waals surface area contributed by atoms with Crippen molar-refractivity contribution in [1.29, 1.82) is 0 Å².